The number of hydrogen-bond acceptors (Lipinski definition) is 3. The minimum Gasteiger partial charge on any atom is -0.507 e. The fourth-order valence-corrected chi connectivity index (χ4v) is 2.34. The summed E-state index contributed by atoms with van der Waals surface area (Å²) in [4.78, 5) is 4.32. The average molecular weight is 278 g/mol. The van der Waals surface area contributed by atoms with Gasteiger partial charge in [-0.3, -0.25) is 4.98 Å². The van der Waals surface area contributed by atoms with Crippen LogP contribution in [-0.2, 0) is 0 Å². The first kappa shape index (κ1) is 13.1. The van der Waals surface area contributed by atoms with E-state index in [0.717, 1.165) is 5.56 Å². The van der Waals surface area contributed by atoms with Crippen LogP contribution in [0.4, 0.5) is 4.39 Å². The lowest BCUT2D eigenvalue weighted by Crippen LogP contribution is -1.90. The zero-order valence-electron chi connectivity index (χ0n) is 11.3. The van der Waals surface area contributed by atoms with Crippen molar-refractivity contribution in [2.24, 2.45) is 0 Å². The first-order valence-electron chi connectivity index (χ1n) is 6.39. The molecule has 102 valence electrons. The second-order valence-corrected chi connectivity index (χ2v) is 4.82. The van der Waals surface area contributed by atoms with Crippen molar-refractivity contribution in [1.29, 1.82) is 5.26 Å². The highest BCUT2D eigenvalue weighted by Crippen LogP contribution is 2.32. The van der Waals surface area contributed by atoms with Gasteiger partial charge in [-0.05, 0) is 36.8 Å². The summed E-state index contributed by atoms with van der Waals surface area (Å²) < 4.78 is 13.0. The number of benzene rings is 2. The Morgan fingerprint density at radius 2 is 1.86 bits per heavy atom. The van der Waals surface area contributed by atoms with Gasteiger partial charge < -0.3 is 5.11 Å². The molecule has 1 N–H and O–H groups in total. The molecule has 3 nitrogen and oxygen atoms in total. The van der Waals surface area contributed by atoms with Crippen LogP contribution in [-0.4, -0.2) is 10.1 Å². The molecule has 21 heavy (non-hydrogen) atoms. The average Bonchev–Trinajstić information content (AvgIpc) is 2.47. The number of aromatic nitrogens is 1. The quantitative estimate of drug-likeness (QED) is 0.733. The van der Waals surface area contributed by atoms with E-state index in [1.54, 1.807) is 37.3 Å². The van der Waals surface area contributed by atoms with Gasteiger partial charge in [0.05, 0.1) is 17.1 Å². The predicted molar refractivity (Wildman–Crippen MR) is 78.3 cm³/mol. The third-order valence-electron chi connectivity index (χ3n) is 3.33. The number of rotatable bonds is 1. The fraction of sp³-hybridized carbons (Fsp3) is 0.0588. The van der Waals surface area contributed by atoms with E-state index in [1.807, 2.05) is 0 Å². The summed E-state index contributed by atoms with van der Waals surface area (Å²) in [5.74, 6) is -0.219. The number of fused-ring (bicyclic) bond motifs is 1. The molecule has 4 heteroatoms. The Labute approximate surface area is 120 Å². The molecule has 0 atom stereocenters. The van der Waals surface area contributed by atoms with Crippen molar-refractivity contribution in [3.63, 3.8) is 0 Å². The van der Waals surface area contributed by atoms with Crippen LogP contribution in [0.3, 0.4) is 0 Å². The number of nitrogens with zero attached hydrogens (tertiary/aromatic N) is 2. The minimum absolute atomic E-state index is 0.116. The smallest absolute Gasteiger partial charge is 0.126 e. The van der Waals surface area contributed by atoms with Crippen LogP contribution in [0.2, 0.25) is 0 Å². The topological polar surface area (TPSA) is 56.9 Å². The van der Waals surface area contributed by atoms with Crippen LogP contribution < -0.4 is 0 Å². The highest BCUT2D eigenvalue weighted by atomic mass is 19.1. The SMILES string of the molecule is Cc1cc(O)c2cc(-c3ccc(F)cc3)c(C#N)cc2n1. The van der Waals surface area contributed by atoms with E-state index in [-0.39, 0.29) is 11.6 Å². The lowest BCUT2D eigenvalue weighted by Gasteiger charge is -2.08. The summed E-state index contributed by atoms with van der Waals surface area (Å²) >= 11 is 0. The number of aryl methyl sites for hydroxylation is 1. The summed E-state index contributed by atoms with van der Waals surface area (Å²) in [6.45, 7) is 1.78. The van der Waals surface area contributed by atoms with Crippen molar-refractivity contribution in [2.45, 2.75) is 6.92 Å². The summed E-state index contributed by atoms with van der Waals surface area (Å²) in [7, 11) is 0. The second-order valence-electron chi connectivity index (χ2n) is 4.82. The molecule has 2 aromatic carbocycles. The third kappa shape index (κ3) is 2.30. The van der Waals surface area contributed by atoms with Crippen LogP contribution in [0.15, 0.2) is 42.5 Å². The van der Waals surface area contributed by atoms with Gasteiger partial charge in [0.25, 0.3) is 0 Å². The second kappa shape index (κ2) is 4.88. The first-order valence-corrected chi connectivity index (χ1v) is 6.39. The Morgan fingerprint density at radius 1 is 1.14 bits per heavy atom. The van der Waals surface area contributed by atoms with Gasteiger partial charge >= 0.3 is 0 Å². The Kier molecular flexibility index (Phi) is 3.03. The maximum Gasteiger partial charge on any atom is 0.126 e. The zero-order valence-corrected chi connectivity index (χ0v) is 11.3. The number of halogens is 1. The normalized spacial score (nSPS) is 10.5. The first-order chi connectivity index (χ1) is 10.1. The maximum atomic E-state index is 13.0. The summed E-state index contributed by atoms with van der Waals surface area (Å²) in [5.41, 5.74) is 3.04. The molecule has 1 heterocycles. The van der Waals surface area contributed by atoms with Gasteiger partial charge in [-0.1, -0.05) is 12.1 Å². The van der Waals surface area contributed by atoms with E-state index in [2.05, 4.69) is 11.1 Å². The van der Waals surface area contributed by atoms with E-state index in [0.29, 0.717) is 27.7 Å². The fourth-order valence-electron chi connectivity index (χ4n) is 2.34. The van der Waals surface area contributed by atoms with Gasteiger partial charge in [0.2, 0.25) is 0 Å². The molecule has 0 aliphatic carbocycles. The summed E-state index contributed by atoms with van der Waals surface area (Å²) in [6, 6.07) is 12.9. The standard InChI is InChI=1S/C17H11FN2O/c1-10-6-17(21)15-8-14(11-2-4-13(18)5-3-11)12(9-19)7-16(15)20-10/h2-8H,1H3,(H,20,21). The van der Waals surface area contributed by atoms with Crippen molar-refractivity contribution < 1.29 is 9.50 Å². The summed E-state index contributed by atoms with van der Waals surface area (Å²) in [5, 5.41) is 19.9. The molecule has 0 aliphatic heterocycles. The predicted octanol–water partition coefficient (Wildman–Crippen LogP) is 3.93. The van der Waals surface area contributed by atoms with E-state index in [4.69, 9.17) is 0 Å². The number of pyridine rings is 1. The molecule has 0 unspecified atom stereocenters. The molecule has 0 fully saturated rings. The van der Waals surface area contributed by atoms with Crippen LogP contribution >= 0.6 is 0 Å². The highest BCUT2D eigenvalue weighted by Gasteiger charge is 2.11. The van der Waals surface area contributed by atoms with Crippen molar-refractivity contribution in [3.8, 4) is 22.9 Å². The molecule has 1 aromatic heterocycles. The van der Waals surface area contributed by atoms with Crippen molar-refractivity contribution in [2.75, 3.05) is 0 Å². The van der Waals surface area contributed by atoms with E-state index in [1.165, 1.54) is 12.1 Å². The molecule has 0 saturated carbocycles. The molecule has 3 rings (SSSR count). The van der Waals surface area contributed by atoms with Gasteiger partial charge in [0.1, 0.15) is 11.6 Å². The van der Waals surface area contributed by atoms with Gasteiger partial charge in [0.15, 0.2) is 0 Å². The van der Waals surface area contributed by atoms with Gasteiger partial charge in [-0.2, -0.15) is 5.26 Å². The molecule has 0 amide bonds. The van der Waals surface area contributed by atoms with Crippen LogP contribution in [0.5, 0.6) is 5.75 Å². The molecule has 0 bridgehead atoms. The monoisotopic (exact) mass is 278 g/mol. The van der Waals surface area contributed by atoms with E-state index < -0.39 is 0 Å². The minimum atomic E-state index is -0.335. The molecule has 0 spiro atoms. The Morgan fingerprint density at radius 3 is 2.52 bits per heavy atom. The van der Waals surface area contributed by atoms with E-state index >= 15 is 0 Å². The van der Waals surface area contributed by atoms with Crippen molar-refractivity contribution in [1.82, 2.24) is 4.98 Å². The highest BCUT2D eigenvalue weighted by molar-refractivity contribution is 5.92. The number of aromatic hydroxyl groups is 1. The van der Waals surface area contributed by atoms with Crippen LogP contribution in [0, 0.1) is 24.1 Å². The molecule has 3 aromatic rings. The zero-order chi connectivity index (χ0) is 15.0. The Balaban J connectivity index is 2.32. The molecular weight excluding hydrogens is 267 g/mol. The number of hydrogen-bond donors (Lipinski definition) is 1. The van der Waals surface area contributed by atoms with Crippen molar-refractivity contribution >= 4 is 10.9 Å². The molecular formula is C17H11FN2O. The molecule has 0 aliphatic rings. The largest absolute Gasteiger partial charge is 0.507 e. The lowest BCUT2D eigenvalue weighted by atomic mass is 9.97. The van der Waals surface area contributed by atoms with Gasteiger partial charge in [-0.15, -0.1) is 0 Å². The maximum absolute atomic E-state index is 13.0. The third-order valence-corrected chi connectivity index (χ3v) is 3.33. The molecule has 0 radical (unpaired) electrons. The van der Waals surface area contributed by atoms with Crippen molar-refractivity contribution in [3.05, 3.63) is 59.5 Å². The van der Waals surface area contributed by atoms with Crippen LogP contribution in [0.1, 0.15) is 11.3 Å². The molecule has 0 saturated heterocycles. The lowest BCUT2D eigenvalue weighted by molar-refractivity contribution is 0.480. The van der Waals surface area contributed by atoms with Gasteiger partial charge in [-0.25, -0.2) is 4.39 Å². The van der Waals surface area contributed by atoms with E-state index in [9.17, 15) is 14.8 Å². The number of nitriles is 1. The Bertz CT molecular complexity index is 880. The Hall–Kier alpha value is -2.93. The van der Waals surface area contributed by atoms with Crippen LogP contribution in [0.25, 0.3) is 22.0 Å². The van der Waals surface area contributed by atoms with Gasteiger partial charge in [0, 0.05) is 22.7 Å². The summed E-state index contributed by atoms with van der Waals surface area (Å²) in [6.07, 6.45) is 0.